The average molecular weight is 509 g/mol. The van der Waals surface area contributed by atoms with Gasteiger partial charge in [-0.2, -0.15) is 0 Å². The Labute approximate surface area is 209 Å². The van der Waals surface area contributed by atoms with Crippen molar-refractivity contribution in [3.8, 4) is 5.75 Å². The van der Waals surface area contributed by atoms with Crippen molar-refractivity contribution in [2.45, 2.75) is 31.4 Å². The van der Waals surface area contributed by atoms with E-state index >= 15 is 0 Å². The van der Waals surface area contributed by atoms with Gasteiger partial charge in [0.1, 0.15) is 17.7 Å². The summed E-state index contributed by atoms with van der Waals surface area (Å²) in [5, 5.41) is 22.1. The van der Waals surface area contributed by atoms with Crippen molar-refractivity contribution in [2.75, 3.05) is 23.1 Å². The van der Waals surface area contributed by atoms with Crippen LogP contribution < -0.4 is 20.1 Å². The molecule has 0 aromatic heterocycles. The Morgan fingerprint density at radius 1 is 1.08 bits per heavy atom. The lowest BCUT2D eigenvalue weighted by molar-refractivity contribution is -0.134. The number of fused-ring (bicyclic) bond motifs is 2. The molecule has 0 bridgehead atoms. The first kappa shape index (κ1) is 24.1. The predicted molar refractivity (Wildman–Crippen MR) is 138 cm³/mol. The van der Waals surface area contributed by atoms with Gasteiger partial charge in [0.15, 0.2) is 5.75 Å². The summed E-state index contributed by atoms with van der Waals surface area (Å²) >= 11 is 0. The number of nitrogens with zero attached hydrogens (tertiary/aromatic N) is 1. The van der Waals surface area contributed by atoms with Gasteiger partial charge in [-0.25, -0.2) is 8.42 Å². The van der Waals surface area contributed by atoms with Crippen molar-refractivity contribution in [3.05, 3.63) is 71.3 Å². The van der Waals surface area contributed by atoms with E-state index in [4.69, 9.17) is 15.9 Å². The maximum atomic E-state index is 13.3. The minimum atomic E-state index is -4.15. The highest BCUT2D eigenvalue weighted by atomic mass is 32.2. The molecule has 5 rings (SSSR count). The molecule has 0 saturated carbocycles. The largest absolute Gasteiger partial charge is 0.490 e. The molecule has 2 heterocycles. The zero-order valence-corrected chi connectivity index (χ0v) is 20.4. The van der Waals surface area contributed by atoms with E-state index in [0.717, 1.165) is 47.8 Å². The Balaban J connectivity index is 1.54. The number of nitrogens with one attached hydrogen (secondary N) is 2. The van der Waals surface area contributed by atoms with Crippen molar-refractivity contribution >= 4 is 38.3 Å². The highest BCUT2D eigenvalue weighted by Crippen LogP contribution is 2.44. The van der Waals surface area contributed by atoms with Crippen molar-refractivity contribution in [2.24, 2.45) is 5.73 Å². The van der Waals surface area contributed by atoms with Crippen LogP contribution >= 0.6 is 0 Å². The van der Waals surface area contributed by atoms with Crippen LogP contribution in [0.15, 0.2) is 54.6 Å². The van der Waals surface area contributed by atoms with E-state index in [1.54, 1.807) is 24.3 Å². The van der Waals surface area contributed by atoms with Crippen molar-refractivity contribution < 1.29 is 23.1 Å². The zero-order chi connectivity index (χ0) is 25.4. The lowest BCUT2D eigenvalue weighted by atomic mass is 9.98. The number of hydrogen-bond donors (Lipinski definition) is 4. The number of aliphatic carboxylic acids is 1. The molecule has 9 nitrogen and oxygen atoms in total. The number of amidine groups is 1. The quantitative estimate of drug-likeness (QED) is 0.284. The second-order valence-corrected chi connectivity index (χ2v) is 11.1. The number of nitrogens with two attached hydrogens (primary N) is 1. The molecule has 188 valence electrons. The monoisotopic (exact) mass is 508 g/mol. The van der Waals surface area contributed by atoms with Crippen molar-refractivity contribution in [3.63, 3.8) is 0 Å². The molecule has 1 atom stereocenters. The first-order chi connectivity index (χ1) is 17.2. The fourth-order valence-corrected chi connectivity index (χ4v) is 6.55. The number of piperidine rings is 1. The molecule has 0 amide bonds. The number of hydrogen-bond acceptors (Lipinski definition) is 6. The number of carboxylic acid groups (broad SMARTS) is 1. The van der Waals surface area contributed by atoms with Crippen molar-refractivity contribution in [1.82, 2.24) is 5.32 Å². The van der Waals surface area contributed by atoms with E-state index in [0.29, 0.717) is 23.4 Å². The normalized spacial score (nSPS) is 18.2. The van der Waals surface area contributed by atoms with E-state index in [1.165, 1.54) is 4.31 Å². The average Bonchev–Trinajstić information content (AvgIpc) is 3.23. The van der Waals surface area contributed by atoms with Crippen LogP contribution in [0.2, 0.25) is 0 Å². The highest BCUT2D eigenvalue weighted by molar-refractivity contribution is 7.93. The van der Waals surface area contributed by atoms with Crippen LogP contribution in [-0.4, -0.2) is 50.3 Å². The number of nitrogen functional groups attached to an aromatic ring is 1. The molecule has 10 heteroatoms. The summed E-state index contributed by atoms with van der Waals surface area (Å²) in [6.07, 6.45) is 2.29. The number of sulfonamides is 1. The Kier molecular flexibility index (Phi) is 6.31. The molecule has 3 aromatic carbocycles. The molecule has 3 aromatic rings. The summed E-state index contributed by atoms with van der Waals surface area (Å²) in [6, 6.07) is 15.8. The van der Waals surface area contributed by atoms with Gasteiger partial charge in [-0.1, -0.05) is 24.3 Å². The minimum Gasteiger partial charge on any atom is -0.490 e. The molecule has 1 fully saturated rings. The number of anilines is 1. The van der Waals surface area contributed by atoms with Gasteiger partial charge in [-0.3, -0.25) is 14.5 Å². The fraction of sp³-hybridized carbons (Fsp3) is 0.308. The SMILES string of the molecule is N=C(N)c1ccc2ccc(C3Cc4cc(OC5CCNCC5)ccc4N3S(=O)(=O)CC(=O)O)cc2c1. The minimum absolute atomic E-state index is 0.0532. The standard InChI is InChI=1S/C26H28N4O5S/c27-26(28)18-4-2-16-1-3-17(11-19(16)12-18)24-14-20-13-22(35-21-7-9-29-10-8-21)5-6-23(20)30(24)36(33,34)15-25(31)32/h1-6,11-13,21,24,29H,7-10,14-15H2,(H3,27,28)(H,31,32). The van der Waals surface area contributed by atoms with Gasteiger partial charge in [0.25, 0.3) is 0 Å². The second-order valence-electron chi connectivity index (χ2n) is 9.26. The third-order valence-electron chi connectivity index (χ3n) is 6.74. The molecular weight excluding hydrogens is 480 g/mol. The summed E-state index contributed by atoms with van der Waals surface area (Å²) in [6.45, 7) is 1.79. The van der Waals surface area contributed by atoms with Crippen LogP contribution in [-0.2, 0) is 21.2 Å². The molecular formula is C26H28N4O5S. The van der Waals surface area contributed by atoms with Gasteiger partial charge in [-0.05, 0) is 78.2 Å². The number of benzene rings is 3. The topological polar surface area (TPSA) is 146 Å². The first-order valence-electron chi connectivity index (χ1n) is 11.8. The smallest absolute Gasteiger partial charge is 0.320 e. The van der Waals surface area contributed by atoms with Gasteiger partial charge in [-0.15, -0.1) is 0 Å². The Morgan fingerprint density at radius 2 is 1.83 bits per heavy atom. The summed E-state index contributed by atoms with van der Waals surface area (Å²) in [4.78, 5) is 11.4. The molecule has 5 N–H and O–H groups in total. The summed E-state index contributed by atoms with van der Waals surface area (Å²) in [5.74, 6) is -1.78. The lowest BCUT2D eigenvalue weighted by Crippen LogP contribution is -2.36. The molecule has 0 radical (unpaired) electrons. The van der Waals surface area contributed by atoms with E-state index < -0.39 is 27.8 Å². The van der Waals surface area contributed by atoms with E-state index in [2.05, 4.69) is 5.32 Å². The third kappa shape index (κ3) is 4.74. The van der Waals surface area contributed by atoms with Gasteiger partial charge >= 0.3 is 5.97 Å². The van der Waals surface area contributed by atoms with Gasteiger partial charge in [0.2, 0.25) is 10.0 Å². The number of ether oxygens (including phenoxy) is 1. The number of carboxylic acids is 1. The summed E-state index contributed by atoms with van der Waals surface area (Å²) < 4.78 is 33.9. The van der Waals surface area contributed by atoms with E-state index in [9.17, 15) is 18.3 Å². The number of carbonyl (C=O) groups is 1. The number of rotatable bonds is 7. The Morgan fingerprint density at radius 3 is 2.56 bits per heavy atom. The van der Waals surface area contributed by atoms with E-state index in [1.807, 2.05) is 30.3 Å². The van der Waals surface area contributed by atoms with Crippen molar-refractivity contribution in [1.29, 1.82) is 5.41 Å². The highest BCUT2D eigenvalue weighted by Gasteiger charge is 2.39. The Bertz CT molecular complexity index is 1450. The van der Waals surface area contributed by atoms with Gasteiger partial charge in [0.05, 0.1) is 11.7 Å². The van der Waals surface area contributed by atoms with Gasteiger partial charge in [0, 0.05) is 12.0 Å². The molecule has 1 unspecified atom stereocenters. The zero-order valence-electron chi connectivity index (χ0n) is 19.6. The molecule has 2 aliphatic heterocycles. The fourth-order valence-electron chi connectivity index (χ4n) is 5.04. The van der Waals surface area contributed by atoms with Crippen LogP contribution in [0.25, 0.3) is 10.8 Å². The molecule has 36 heavy (non-hydrogen) atoms. The van der Waals surface area contributed by atoms with Crippen LogP contribution in [0.3, 0.4) is 0 Å². The molecule has 2 aliphatic rings. The predicted octanol–water partition coefficient (Wildman–Crippen LogP) is 2.77. The third-order valence-corrected chi connectivity index (χ3v) is 8.40. The summed E-state index contributed by atoms with van der Waals surface area (Å²) in [5.41, 5.74) is 8.22. The van der Waals surface area contributed by atoms with Crippen LogP contribution in [0.1, 0.15) is 35.6 Å². The molecule has 0 spiro atoms. The molecule has 1 saturated heterocycles. The van der Waals surface area contributed by atoms with Crippen LogP contribution in [0.4, 0.5) is 5.69 Å². The lowest BCUT2D eigenvalue weighted by Gasteiger charge is -2.27. The maximum Gasteiger partial charge on any atom is 0.320 e. The maximum absolute atomic E-state index is 13.3. The first-order valence-corrected chi connectivity index (χ1v) is 13.4. The summed E-state index contributed by atoms with van der Waals surface area (Å²) in [7, 11) is -4.15. The van der Waals surface area contributed by atoms with Gasteiger partial charge < -0.3 is 20.9 Å². The van der Waals surface area contributed by atoms with Crippen LogP contribution in [0.5, 0.6) is 5.75 Å². The van der Waals surface area contributed by atoms with E-state index in [-0.39, 0.29) is 11.9 Å². The Hall–Kier alpha value is -3.63. The second kappa shape index (κ2) is 9.44. The molecule has 0 aliphatic carbocycles. The van der Waals surface area contributed by atoms with Crippen LogP contribution in [0, 0.1) is 5.41 Å².